The molecule has 2 saturated heterocycles. The van der Waals surface area contributed by atoms with Crippen molar-refractivity contribution in [3.05, 3.63) is 106 Å². The van der Waals surface area contributed by atoms with Crippen LogP contribution in [0.15, 0.2) is 72.8 Å². The van der Waals surface area contributed by atoms with E-state index < -0.39 is 0 Å². The SMILES string of the molecule is Cc1cc(C)cc([C@@H](C)N(C)C(=O)N2CC[C@@H]3CN(Cc4ccccc4)CC3[C@@H]2c2ccccc2C)c1. The Morgan fingerprint density at radius 2 is 1.62 bits per heavy atom. The molecule has 0 aliphatic carbocycles. The molecule has 3 aromatic carbocycles. The van der Waals surface area contributed by atoms with Gasteiger partial charge in [-0.3, -0.25) is 4.90 Å². The third kappa shape index (κ3) is 5.31. The number of nitrogens with zero attached hydrogens (tertiary/aromatic N) is 3. The molecule has 2 amide bonds. The first-order chi connectivity index (χ1) is 17.8. The molecule has 0 bridgehead atoms. The van der Waals surface area contributed by atoms with Gasteiger partial charge in [-0.05, 0) is 62.3 Å². The van der Waals surface area contributed by atoms with Crippen LogP contribution in [0.5, 0.6) is 0 Å². The fraction of sp³-hybridized carbons (Fsp3) is 0.424. The quantitative estimate of drug-likeness (QED) is 0.384. The largest absolute Gasteiger partial charge is 0.321 e. The van der Waals surface area contributed by atoms with Crippen molar-refractivity contribution < 1.29 is 4.79 Å². The molecule has 0 aromatic heterocycles. The maximum atomic E-state index is 14.2. The van der Waals surface area contributed by atoms with E-state index >= 15 is 0 Å². The van der Waals surface area contributed by atoms with Gasteiger partial charge in [0.1, 0.15) is 0 Å². The third-order valence-electron chi connectivity index (χ3n) is 8.66. The van der Waals surface area contributed by atoms with Gasteiger partial charge in [0.25, 0.3) is 0 Å². The molecule has 37 heavy (non-hydrogen) atoms. The number of hydrogen-bond acceptors (Lipinski definition) is 2. The number of hydrogen-bond donors (Lipinski definition) is 0. The number of urea groups is 1. The number of likely N-dealkylation sites (tertiary alicyclic amines) is 2. The summed E-state index contributed by atoms with van der Waals surface area (Å²) in [6.45, 7) is 12.5. The minimum absolute atomic E-state index is 0.0134. The number of carbonyl (C=O) groups excluding carboxylic acids is 1. The van der Waals surface area contributed by atoms with Gasteiger partial charge < -0.3 is 9.80 Å². The summed E-state index contributed by atoms with van der Waals surface area (Å²) in [7, 11) is 1.97. The first kappa shape index (κ1) is 25.5. The third-order valence-corrected chi connectivity index (χ3v) is 8.66. The highest BCUT2D eigenvalue weighted by atomic mass is 16.2. The van der Waals surface area contributed by atoms with Crippen molar-refractivity contribution in [2.24, 2.45) is 11.8 Å². The molecule has 5 rings (SSSR count). The summed E-state index contributed by atoms with van der Waals surface area (Å²) < 4.78 is 0. The zero-order chi connectivity index (χ0) is 26.1. The Bertz CT molecular complexity index is 1220. The zero-order valence-electron chi connectivity index (χ0n) is 23.0. The molecule has 4 atom stereocenters. The molecule has 4 heteroatoms. The van der Waals surface area contributed by atoms with Crippen molar-refractivity contribution in [2.45, 2.75) is 52.7 Å². The fourth-order valence-electron chi connectivity index (χ4n) is 6.67. The van der Waals surface area contributed by atoms with Gasteiger partial charge >= 0.3 is 6.03 Å². The molecule has 194 valence electrons. The second-order valence-corrected chi connectivity index (χ2v) is 11.4. The van der Waals surface area contributed by atoms with Gasteiger partial charge in [0.15, 0.2) is 0 Å². The molecule has 0 radical (unpaired) electrons. The van der Waals surface area contributed by atoms with Crippen LogP contribution in [-0.2, 0) is 6.54 Å². The van der Waals surface area contributed by atoms with Crippen molar-refractivity contribution >= 4 is 6.03 Å². The van der Waals surface area contributed by atoms with Gasteiger partial charge in [-0.2, -0.15) is 0 Å². The molecular formula is C33H41N3O. The maximum Gasteiger partial charge on any atom is 0.320 e. The first-order valence-corrected chi connectivity index (χ1v) is 13.7. The Labute approximate surface area is 222 Å². The van der Waals surface area contributed by atoms with Crippen molar-refractivity contribution in [3.8, 4) is 0 Å². The van der Waals surface area contributed by atoms with E-state index in [4.69, 9.17) is 0 Å². The van der Waals surface area contributed by atoms with Crippen LogP contribution < -0.4 is 0 Å². The summed E-state index contributed by atoms with van der Waals surface area (Å²) in [5.41, 5.74) is 7.63. The van der Waals surface area contributed by atoms with Crippen LogP contribution in [0.2, 0.25) is 0 Å². The van der Waals surface area contributed by atoms with Gasteiger partial charge in [0, 0.05) is 39.1 Å². The van der Waals surface area contributed by atoms with Gasteiger partial charge in [-0.1, -0.05) is 83.9 Å². The standard InChI is InChI=1S/C33H41N3O/c1-23-17-24(2)19-29(18-23)26(4)34(5)33(37)36-16-15-28-21-35(20-27-12-7-6-8-13-27)22-31(28)32(36)30-14-10-9-11-25(30)3/h6-14,17-19,26,28,31-32H,15-16,20-22H2,1-5H3/t26-,28-,31?,32+/m1/s1. The average molecular weight is 496 g/mol. The zero-order valence-corrected chi connectivity index (χ0v) is 23.0. The molecule has 0 spiro atoms. The van der Waals surface area contributed by atoms with E-state index in [9.17, 15) is 4.79 Å². The van der Waals surface area contributed by atoms with Crippen LogP contribution in [0.3, 0.4) is 0 Å². The highest BCUT2D eigenvalue weighted by Gasteiger charge is 2.46. The number of carbonyl (C=O) groups is 1. The lowest BCUT2D eigenvalue weighted by atomic mass is 9.78. The molecule has 2 heterocycles. The van der Waals surface area contributed by atoms with E-state index in [1.165, 1.54) is 33.4 Å². The normalized spacial score (nSPS) is 22.5. The number of aryl methyl sites for hydroxylation is 3. The minimum Gasteiger partial charge on any atom is -0.321 e. The lowest BCUT2D eigenvalue weighted by molar-refractivity contribution is 0.0702. The van der Waals surface area contributed by atoms with Crippen molar-refractivity contribution in [1.82, 2.24) is 14.7 Å². The summed E-state index contributed by atoms with van der Waals surface area (Å²) in [6.07, 6.45) is 1.07. The predicted molar refractivity (Wildman–Crippen MR) is 151 cm³/mol. The van der Waals surface area contributed by atoms with E-state index in [1.54, 1.807) is 0 Å². The first-order valence-electron chi connectivity index (χ1n) is 13.7. The average Bonchev–Trinajstić information content (AvgIpc) is 3.29. The van der Waals surface area contributed by atoms with Gasteiger partial charge in [-0.25, -0.2) is 4.79 Å². The van der Waals surface area contributed by atoms with E-state index in [-0.39, 0.29) is 18.1 Å². The van der Waals surface area contributed by atoms with Crippen molar-refractivity contribution in [2.75, 3.05) is 26.7 Å². The Kier molecular flexibility index (Phi) is 7.39. The Morgan fingerprint density at radius 1 is 0.946 bits per heavy atom. The minimum atomic E-state index is 0.0134. The number of rotatable bonds is 5. The van der Waals surface area contributed by atoms with E-state index in [0.717, 1.165) is 32.6 Å². The van der Waals surface area contributed by atoms with E-state index in [2.05, 4.69) is 110 Å². The van der Waals surface area contributed by atoms with Crippen LogP contribution in [0, 0.1) is 32.6 Å². The van der Waals surface area contributed by atoms with Gasteiger partial charge in [-0.15, -0.1) is 0 Å². The summed E-state index contributed by atoms with van der Waals surface area (Å²) >= 11 is 0. The Hall–Kier alpha value is -3.11. The number of fused-ring (bicyclic) bond motifs is 1. The highest BCUT2D eigenvalue weighted by molar-refractivity contribution is 5.75. The van der Waals surface area contributed by atoms with E-state index in [1.807, 2.05) is 11.9 Å². The van der Waals surface area contributed by atoms with Crippen LogP contribution in [0.4, 0.5) is 4.79 Å². The van der Waals surface area contributed by atoms with Crippen LogP contribution in [0.25, 0.3) is 0 Å². The van der Waals surface area contributed by atoms with E-state index in [0.29, 0.717) is 11.8 Å². The summed E-state index contributed by atoms with van der Waals surface area (Å²) in [4.78, 5) is 20.9. The highest BCUT2D eigenvalue weighted by Crippen LogP contribution is 2.45. The molecule has 0 saturated carbocycles. The molecular weight excluding hydrogens is 454 g/mol. The van der Waals surface area contributed by atoms with Crippen molar-refractivity contribution in [1.29, 1.82) is 0 Å². The van der Waals surface area contributed by atoms with Crippen LogP contribution >= 0.6 is 0 Å². The lowest BCUT2D eigenvalue weighted by Gasteiger charge is -2.45. The molecule has 2 aliphatic heterocycles. The summed E-state index contributed by atoms with van der Waals surface area (Å²) in [6, 6.07) is 26.3. The van der Waals surface area contributed by atoms with Crippen LogP contribution in [0.1, 0.15) is 58.8 Å². The second kappa shape index (κ2) is 10.7. The molecule has 3 aromatic rings. The second-order valence-electron chi connectivity index (χ2n) is 11.4. The fourth-order valence-corrected chi connectivity index (χ4v) is 6.67. The molecule has 1 unspecified atom stereocenters. The molecule has 0 N–H and O–H groups in total. The smallest absolute Gasteiger partial charge is 0.320 e. The number of benzene rings is 3. The molecule has 2 fully saturated rings. The Morgan fingerprint density at radius 3 is 2.32 bits per heavy atom. The lowest BCUT2D eigenvalue weighted by Crippen LogP contribution is -2.51. The monoisotopic (exact) mass is 495 g/mol. The molecule has 4 nitrogen and oxygen atoms in total. The Balaban J connectivity index is 1.42. The van der Waals surface area contributed by atoms with Crippen LogP contribution in [-0.4, -0.2) is 47.4 Å². The molecule has 2 aliphatic rings. The van der Waals surface area contributed by atoms with Crippen molar-refractivity contribution in [3.63, 3.8) is 0 Å². The van der Waals surface area contributed by atoms with Gasteiger partial charge in [0.2, 0.25) is 0 Å². The predicted octanol–water partition coefficient (Wildman–Crippen LogP) is 6.92. The topological polar surface area (TPSA) is 26.8 Å². The van der Waals surface area contributed by atoms with Gasteiger partial charge in [0.05, 0.1) is 12.1 Å². The number of piperidine rings is 1. The maximum absolute atomic E-state index is 14.2. The number of amides is 2. The summed E-state index contributed by atoms with van der Waals surface area (Å²) in [5, 5.41) is 0. The summed E-state index contributed by atoms with van der Waals surface area (Å²) in [5.74, 6) is 1.05.